The molecule has 1 aliphatic heterocycles. The molecule has 0 bridgehead atoms. The number of rotatable bonds is 6. The van der Waals surface area contributed by atoms with Crippen LogP contribution in [0, 0.1) is 5.92 Å². The lowest BCUT2D eigenvalue weighted by molar-refractivity contribution is -0.164. The lowest BCUT2D eigenvalue weighted by Crippen LogP contribution is -2.48. The van der Waals surface area contributed by atoms with Crippen LogP contribution in [-0.4, -0.2) is 65.5 Å². The zero-order valence-electron chi connectivity index (χ0n) is 14.6. The van der Waals surface area contributed by atoms with Gasteiger partial charge in [0, 0.05) is 31.4 Å². The van der Waals surface area contributed by atoms with Crippen LogP contribution in [-0.2, 0) is 11.2 Å². The van der Waals surface area contributed by atoms with Crippen molar-refractivity contribution in [3.05, 3.63) is 16.1 Å². The maximum absolute atomic E-state index is 12.6. The Labute approximate surface area is 154 Å². The molecule has 0 saturated carbocycles. The molecule has 1 aliphatic rings. The Morgan fingerprint density at radius 3 is 2.81 bits per heavy atom. The predicted octanol–water partition coefficient (Wildman–Crippen LogP) is 1.91. The van der Waals surface area contributed by atoms with Crippen LogP contribution in [0.4, 0.5) is 13.2 Å². The lowest BCUT2D eigenvalue weighted by Gasteiger charge is -2.34. The second-order valence-corrected chi connectivity index (χ2v) is 7.17. The Bertz CT molecular complexity index is 635. The van der Waals surface area contributed by atoms with E-state index in [9.17, 15) is 22.8 Å². The fraction of sp³-hybridized carbons (Fsp3) is 0.688. The van der Waals surface area contributed by atoms with Crippen molar-refractivity contribution in [2.45, 2.75) is 32.4 Å². The summed E-state index contributed by atoms with van der Waals surface area (Å²) in [7, 11) is 0. The topological polar surface area (TPSA) is 79.5 Å². The molecule has 2 rings (SSSR count). The van der Waals surface area contributed by atoms with Gasteiger partial charge in [0.2, 0.25) is 5.91 Å². The summed E-state index contributed by atoms with van der Waals surface area (Å²) in [6.07, 6.45) is -2.80. The van der Waals surface area contributed by atoms with Crippen LogP contribution >= 0.6 is 11.3 Å². The van der Waals surface area contributed by atoms with E-state index in [4.69, 9.17) is 5.73 Å². The van der Waals surface area contributed by atoms with Gasteiger partial charge in [0.1, 0.15) is 12.2 Å². The van der Waals surface area contributed by atoms with E-state index in [-0.39, 0.29) is 19.0 Å². The highest BCUT2D eigenvalue weighted by molar-refractivity contribution is 7.09. The van der Waals surface area contributed by atoms with Gasteiger partial charge in [-0.2, -0.15) is 13.2 Å². The normalized spacial score (nSPS) is 18.0. The first kappa shape index (κ1) is 20.6. The highest BCUT2D eigenvalue weighted by Crippen LogP contribution is 2.24. The molecule has 1 aromatic rings. The van der Waals surface area contributed by atoms with Crippen molar-refractivity contribution in [3.63, 3.8) is 0 Å². The molecule has 1 aromatic heterocycles. The van der Waals surface area contributed by atoms with Crippen molar-refractivity contribution < 1.29 is 22.8 Å². The van der Waals surface area contributed by atoms with Crippen molar-refractivity contribution in [2.75, 3.05) is 32.7 Å². The smallest absolute Gasteiger partial charge is 0.336 e. The standard InChI is InChI=1S/C16H23F3N4O2S/c1-2-22(10-16(17,18)19)14(24)11-4-3-7-23(8-11)15(25)12-9-26-13(21-12)5-6-20/h9,11H,2-8,10,20H2,1H3. The summed E-state index contributed by atoms with van der Waals surface area (Å²) in [5.41, 5.74) is 5.77. The Morgan fingerprint density at radius 2 is 2.19 bits per heavy atom. The molecule has 2 N–H and O–H groups in total. The van der Waals surface area contributed by atoms with Gasteiger partial charge in [-0.15, -0.1) is 11.3 Å². The molecular formula is C16H23F3N4O2S. The van der Waals surface area contributed by atoms with Crippen molar-refractivity contribution >= 4 is 23.2 Å². The minimum absolute atomic E-state index is 0.0165. The lowest BCUT2D eigenvalue weighted by atomic mass is 9.96. The highest BCUT2D eigenvalue weighted by atomic mass is 32.1. The first-order chi connectivity index (χ1) is 12.2. The number of likely N-dealkylation sites (tertiary alicyclic amines) is 1. The first-order valence-corrected chi connectivity index (χ1v) is 9.42. The predicted molar refractivity (Wildman–Crippen MR) is 91.8 cm³/mol. The number of hydrogen-bond donors (Lipinski definition) is 1. The average molecular weight is 392 g/mol. The van der Waals surface area contributed by atoms with Crippen LogP contribution in [0.3, 0.4) is 0 Å². The van der Waals surface area contributed by atoms with Crippen LogP contribution in [0.5, 0.6) is 0 Å². The highest BCUT2D eigenvalue weighted by Gasteiger charge is 2.37. The molecule has 0 aromatic carbocycles. The second-order valence-electron chi connectivity index (χ2n) is 6.22. The quantitative estimate of drug-likeness (QED) is 0.802. The summed E-state index contributed by atoms with van der Waals surface area (Å²) >= 11 is 1.35. The van der Waals surface area contributed by atoms with Gasteiger partial charge in [-0.1, -0.05) is 0 Å². The number of nitrogens with two attached hydrogens (primary N) is 1. The van der Waals surface area contributed by atoms with E-state index in [1.807, 2.05) is 0 Å². The molecule has 1 saturated heterocycles. The van der Waals surface area contributed by atoms with E-state index >= 15 is 0 Å². The molecule has 146 valence electrons. The Kier molecular flexibility index (Phi) is 6.99. The molecule has 0 aliphatic carbocycles. The van der Waals surface area contributed by atoms with Gasteiger partial charge < -0.3 is 15.5 Å². The maximum atomic E-state index is 12.6. The van der Waals surface area contributed by atoms with Gasteiger partial charge in [-0.3, -0.25) is 9.59 Å². The summed E-state index contributed by atoms with van der Waals surface area (Å²) < 4.78 is 37.9. The van der Waals surface area contributed by atoms with Gasteiger partial charge in [-0.05, 0) is 26.3 Å². The van der Waals surface area contributed by atoms with E-state index in [0.717, 1.165) is 9.91 Å². The number of aromatic nitrogens is 1. The summed E-state index contributed by atoms with van der Waals surface area (Å²) in [6.45, 7) is 1.27. The number of piperidine rings is 1. The molecular weight excluding hydrogens is 369 g/mol. The van der Waals surface area contributed by atoms with Crippen molar-refractivity contribution in [1.29, 1.82) is 0 Å². The Hall–Kier alpha value is -1.68. The molecule has 1 unspecified atom stereocenters. The Balaban J connectivity index is 2.02. The van der Waals surface area contributed by atoms with E-state index < -0.39 is 24.5 Å². The summed E-state index contributed by atoms with van der Waals surface area (Å²) in [6, 6.07) is 0. The van der Waals surface area contributed by atoms with Gasteiger partial charge in [-0.25, -0.2) is 4.98 Å². The molecule has 2 amide bonds. The largest absolute Gasteiger partial charge is 0.406 e. The molecule has 2 heterocycles. The van der Waals surface area contributed by atoms with Crippen LogP contribution < -0.4 is 5.73 Å². The SMILES string of the molecule is CCN(CC(F)(F)F)C(=O)C1CCCN(C(=O)c2csc(CCN)n2)C1. The first-order valence-electron chi connectivity index (χ1n) is 8.54. The summed E-state index contributed by atoms with van der Waals surface area (Å²) in [5.74, 6) is -1.46. The summed E-state index contributed by atoms with van der Waals surface area (Å²) in [5, 5.41) is 2.42. The number of carbonyl (C=O) groups is 2. The maximum Gasteiger partial charge on any atom is 0.406 e. The van der Waals surface area contributed by atoms with Gasteiger partial charge in [0.05, 0.1) is 10.9 Å². The van der Waals surface area contributed by atoms with Crippen LogP contribution in [0.15, 0.2) is 5.38 Å². The number of hydrogen-bond acceptors (Lipinski definition) is 5. The number of amides is 2. The number of nitrogens with zero attached hydrogens (tertiary/aromatic N) is 3. The molecule has 10 heteroatoms. The third-order valence-electron chi connectivity index (χ3n) is 4.25. The second kappa shape index (κ2) is 8.81. The zero-order valence-corrected chi connectivity index (χ0v) is 15.4. The van der Waals surface area contributed by atoms with Crippen LogP contribution in [0.1, 0.15) is 35.3 Å². The van der Waals surface area contributed by atoms with Crippen LogP contribution in [0.25, 0.3) is 0 Å². The van der Waals surface area contributed by atoms with E-state index in [1.54, 1.807) is 5.38 Å². The number of halogens is 3. The average Bonchev–Trinajstić information content (AvgIpc) is 3.06. The number of thiazole rings is 1. The molecule has 1 fully saturated rings. The van der Waals surface area contributed by atoms with Crippen molar-refractivity contribution in [1.82, 2.24) is 14.8 Å². The molecule has 6 nitrogen and oxygen atoms in total. The fourth-order valence-corrected chi connectivity index (χ4v) is 3.78. The van der Waals surface area contributed by atoms with E-state index in [0.29, 0.717) is 38.0 Å². The number of carbonyl (C=O) groups excluding carboxylic acids is 2. The number of alkyl halides is 3. The van der Waals surface area contributed by atoms with Gasteiger partial charge in [0.25, 0.3) is 5.91 Å². The molecule has 0 radical (unpaired) electrons. The minimum atomic E-state index is -4.43. The zero-order chi connectivity index (χ0) is 19.3. The van der Waals surface area contributed by atoms with Crippen LogP contribution in [0.2, 0.25) is 0 Å². The van der Waals surface area contributed by atoms with E-state index in [1.165, 1.54) is 23.2 Å². The van der Waals surface area contributed by atoms with Gasteiger partial charge >= 0.3 is 6.18 Å². The van der Waals surface area contributed by atoms with Crippen molar-refractivity contribution in [2.24, 2.45) is 11.7 Å². The van der Waals surface area contributed by atoms with Crippen molar-refractivity contribution in [3.8, 4) is 0 Å². The third-order valence-corrected chi connectivity index (χ3v) is 5.16. The molecule has 26 heavy (non-hydrogen) atoms. The third kappa shape index (κ3) is 5.41. The minimum Gasteiger partial charge on any atom is -0.336 e. The fourth-order valence-electron chi connectivity index (χ4n) is 2.99. The van der Waals surface area contributed by atoms with E-state index in [2.05, 4.69) is 4.98 Å². The molecule has 1 atom stereocenters. The Morgan fingerprint density at radius 1 is 1.46 bits per heavy atom. The molecule has 0 spiro atoms. The monoisotopic (exact) mass is 392 g/mol. The van der Waals surface area contributed by atoms with Gasteiger partial charge in [0.15, 0.2) is 0 Å². The summed E-state index contributed by atoms with van der Waals surface area (Å²) in [4.78, 5) is 31.6.